The number of hydrogen-bond donors (Lipinski definition) is 1. The molecule has 2 rings (SSSR count). The fourth-order valence-electron chi connectivity index (χ4n) is 1.72. The Bertz CT molecular complexity index is 590. The first-order valence-electron chi connectivity index (χ1n) is 6.04. The minimum absolute atomic E-state index is 0. The molecule has 3 nitrogen and oxygen atoms in total. The minimum Gasteiger partial charge on any atom is -0.492 e. The van der Waals surface area contributed by atoms with Crippen LogP contribution in [-0.4, -0.2) is 25.9 Å². The van der Waals surface area contributed by atoms with Gasteiger partial charge >= 0.3 is 6.18 Å². The molecule has 0 aliphatic carbocycles. The van der Waals surface area contributed by atoms with Crippen molar-refractivity contribution in [2.45, 2.75) is 6.18 Å². The molecule has 0 aliphatic heterocycles. The van der Waals surface area contributed by atoms with E-state index in [0.29, 0.717) is 18.9 Å². The van der Waals surface area contributed by atoms with Gasteiger partial charge in [0.2, 0.25) is 0 Å². The summed E-state index contributed by atoms with van der Waals surface area (Å²) in [6, 6.07) is 10.1. The van der Waals surface area contributed by atoms with Crippen LogP contribution in [0, 0.1) is 0 Å². The summed E-state index contributed by atoms with van der Waals surface area (Å²) in [6.45, 7) is -0.462. The van der Waals surface area contributed by atoms with E-state index in [1.165, 1.54) is 6.07 Å². The van der Waals surface area contributed by atoms with Crippen LogP contribution in [0.4, 0.5) is 13.2 Å². The van der Waals surface area contributed by atoms with Gasteiger partial charge in [0.15, 0.2) is 6.61 Å². The van der Waals surface area contributed by atoms with Crippen molar-refractivity contribution in [3.8, 4) is 11.5 Å². The van der Waals surface area contributed by atoms with Gasteiger partial charge in [0.25, 0.3) is 0 Å². The molecule has 2 aromatic carbocycles. The van der Waals surface area contributed by atoms with Gasteiger partial charge in [-0.05, 0) is 35.0 Å². The van der Waals surface area contributed by atoms with E-state index in [4.69, 9.17) is 15.2 Å². The number of fused-ring (bicyclic) bond motifs is 1. The van der Waals surface area contributed by atoms with E-state index in [1.807, 2.05) is 0 Å². The van der Waals surface area contributed by atoms with Crippen molar-refractivity contribution in [1.29, 1.82) is 0 Å². The molecule has 0 saturated heterocycles. The van der Waals surface area contributed by atoms with Gasteiger partial charge in [-0.15, -0.1) is 12.4 Å². The van der Waals surface area contributed by atoms with E-state index in [1.54, 1.807) is 30.3 Å². The number of benzene rings is 2. The Hall–Kier alpha value is -1.66. The van der Waals surface area contributed by atoms with Crippen molar-refractivity contribution in [2.75, 3.05) is 19.8 Å². The van der Waals surface area contributed by atoms with Gasteiger partial charge in [0.05, 0.1) is 0 Å². The van der Waals surface area contributed by atoms with Gasteiger partial charge in [-0.25, -0.2) is 0 Å². The molecule has 2 aromatic rings. The van der Waals surface area contributed by atoms with Crippen LogP contribution in [0.5, 0.6) is 11.5 Å². The lowest BCUT2D eigenvalue weighted by atomic mass is 10.1. The smallest absolute Gasteiger partial charge is 0.422 e. The number of alkyl halides is 3. The quantitative estimate of drug-likeness (QED) is 0.916. The summed E-state index contributed by atoms with van der Waals surface area (Å²) in [6.07, 6.45) is -4.34. The van der Waals surface area contributed by atoms with Gasteiger partial charge in [-0.1, -0.05) is 12.1 Å². The summed E-state index contributed by atoms with van der Waals surface area (Å²) < 4.78 is 46.3. The highest BCUT2D eigenvalue weighted by Gasteiger charge is 2.28. The summed E-state index contributed by atoms with van der Waals surface area (Å²) in [7, 11) is 0. The lowest BCUT2D eigenvalue weighted by Gasteiger charge is -2.10. The molecule has 0 aromatic heterocycles. The maximum Gasteiger partial charge on any atom is 0.422 e. The summed E-state index contributed by atoms with van der Waals surface area (Å²) in [5, 5.41) is 1.64. The first kappa shape index (κ1) is 17.4. The molecule has 2 N–H and O–H groups in total. The molecule has 0 radical (unpaired) electrons. The van der Waals surface area contributed by atoms with Crippen molar-refractivity contribution in [1.82, 2.24) is 0 Å². The van der Waals surface area contributed by atoms with Crippen LogP contribution >= 0.6 is 12.4 Å². The van der Waals surface area contributed by atoms with Gasteiger partial charge < -0.3 is 15.2 Å². The standard InChI is InChI=1S/C14H14F3NO2.ClH/c15-14(16,17)9-20-13-4-2-10-7-12(19-6-5-18)3-1-11(10)8-13;/h1-4,7-8H,5-6,9,18H2;1H. The second kappa shape index (κ2) is 7.38. The van der Waals surface area contributed by atoms with E-state index >= 15 is 0 Å². The molecule has 21 heavy (non-hydrogen) atoms. The van der Waals surface area contributed by atoms with Gasteiger partial charge in [0.1, 0.15) is 18.1 Å². The zero-order valence-corrected chi connectivity index (χ0v) is 11.8. The monoisotopic (exact) mass is 321 g/mol. The van der Waals surface area contributed by atoms with E-state index in [9.17, 15) is 13.2 Å². The maximum atomic E-state index is 12.1. The third-order valence-corrected chi connectivity index (χ3v) is 2.57. The number of nitrogens with two attached hydrogens (primary N) is 1. The molecular weight excluding hydrogens is 307 g/mol. The highest BCUT2D eigenvalue weighted by atomic mass is 35.5. The molecule has 0 spiro atoms. The number of halogens is 4. The summed E-state index contributed by atoms with van der Waals surface area (Å²) in [5.41, 5.74) is 5.34. The zero-order valence-electron chi connectivity index (χ0n) is 11.0. The van der Waals surface area contributed by atoms with Gasteiger partial charge in [-0.2, -0.15) is 13.2 Å². The normalized spacial score (nSPS) is 11.0. The molecule has 0 atom stereocenters. The van der Waals surface area contributed by atoms with Crippen molar-refractivity contribution < 1.29 is 22.6 Å². The van der Waals surface area contributed by atoms with Crippen LogP contribution in [0.25, 0.3) is 10.8 Å². The third-order valence-electron chi connectivity index (χ3n) is 2.57. The van der Waals surface area contributed by atoms with Crippen molar-refractivity contribution in [3.05, 3.63) is 36.4 Å². The third kappa shape index (κ3) is 5.32. The molecule has 0 aliphatic rings. The largest absolute Gasteiger partial charge is 0.492 e. The molecule has 0 amide bonds. The summed E-state index contributed by atoms with van der Waals surface area (Å²) in [4.78, 5) is 0. The van der Waals surface area contributed by atoms with Crippen LogP contribution < -0.4 is 15.2 Å². The maximum absolute atomic E-state index is 12.1. The zero-order chi connectivity index (χ0) is 14.6. The highest BCUT2D eigenvalue weighted by molar-refractivity contribution is 5.85. The van der Waals surface area contributed by atoms with E-state index < -0.39 is 12.8 Å². The number of hydrogen-bond acceptors (Lipinski definition) is 3. The van der Waals surface area contributed by atoms with Crippen LogP contribution in [0.3, 0.4) is 0 Å². The molecule has 7 heteroatoms. The van der Waals surface area contributed by atoms with Crippen LogP contribution in [0.15, 0.2) is 36.4 Å². The number of ether oxygens (including phenoxy) is 2. The lowest BCUT2D eigenvalue weighted by Crippen LogP contribution is -2.19. The van der Waals surface area contributed by atoms with E-state index in [2.05, 4.69) is 0 Å². The molecule has 0 heterocycles. The Balaban J connectivity index is 0.00000220. The molecule has 116 valence electrons. The van der Waals surface area contributed by atoms with Crippen molar-refractivity contribution in [2.24, 2.45) is 5.73 Å². The minimum atomic E-state index is -4.34. The molecule has 0 bridgehead atoms. The van der Waals surface area contributed by atoms with E-state index in [0.717, 1.165) is 10.8 Å². The Morgan fingerprint density at radius 3 is 1.90 bits per heavy atom. The fraction of sp³-hybridized carbons (Fsp3) is 0.286. The molecule has 0 unspecified atom stereocenters. The van der Waals surface area contributed by atoms with Crippen molar-refractivity contribution >= 4 is 23.2 Å². The summed E-state index contributed by atoms with van der Waals surface area (Å²) in [5.74, 6) is 0.859. The van der Waals surface area contributed by atoms with E-state index in [-0.39, 0.29) is 18.2 Å². The molecular formula is C14H15ClF3NO2. The average molecular weight is 322 g/mol. The Morgan fingerprint density at radius 2 is 1.43 bits per heavy atom. The van der Waals surface area contributed by atoms with Gasteiger partial charge in [0, 0.05) is 6.54 Å². The first-order chi connectivity index (χ1) is 9.48. The predicted octanol–water partition coefficient (Wildman–Crippen LogP) is 3.54. The Kier molecular flexibility index (Phi) is 6.11. The van der Waals surface area contributed by atoms with Crippen LogP contribution in [0.1, 0.15) is 0 Å². The average Bonchev–Trinajstić information content (AvgIpc) is 2.41. The number of rotatable bonds is 5. The topological polar surface area (TPSA) is 44.5 Å². The highest BCUT2D eigenvalue weighted by Crippen LogP contribution is 2.26. The lowest BCUT2D eigenvalue weighted by molar-refractivity contribution is -0.153. The van der Waals surface area contributed by atoms with Crippen LogP contribution in [-0.2, 0) is 0 Å². The van der Waals surface area contributed by atoms with Crippen LogP contribution in [0.2, 0.25) is 0 Å². The fourth-order valence-corrected chi connectivity index (χ4v) is 1.72. The molecule has 0 saturated carbocycles. The first-order valence-corrected chi connectivity index (χ1v) is 6.04. The predicted molar refractivity (Wildman–Crippen MR) is 77.3 cm³/mol. The molecule has 0 fully saturated rings. The second-order valence-corrected chi connectivity index (χ2v) is 4.21. The Morgan fingerprint density at radius 1 is 0.905 bits per heavy atom. The van der Waals surface area contributed by atoms with Gasteiger partial charge in [-0.3, -0.25) is 0 Å². The summed E-state index contributed by atoms with van der Waals surface area (Å²) >= 11 is 0. The Labute approximate surface area is 126 Å². The SMILES string of the molecule is Cl.NCCOc1ccc2cc(OCC(F)(F)F)ccc2c1. The second-order valence-electron chi connectivity index (χ2n) is 4.21. The van der Waals surface area contributed by atoms with Crippen molar-refractivity contribution in [3.63, 3.8) is 0 Å².